The molecule has 1 saturated heterocycles. The Morgan fingerprint density at radius 1 is 1.50 bits per heavy atom. The molecular weight excluding hydrogens is 321 g/mol. The Morgan fingerprint density at radius 3 is 2.82 bits per heavy atom. The number of hydrogen-bond acceptors (Lipinski definition) is 5. The zero-order chi connectivity index (χ0) is 16.3. The lowest BCUT2D eigenvalue weighted by atomic mass is 10.0. The van der Waals surface area contributed by atoms with Crippen LogP contribution in [-0.4, -0.2) is 46.9 Å². The van der Waals surface area contributed by atoms with Crippen LogP contribution >= 0.6 is 11.3 Å². The van der Waals surface area contributed by atoms with Crippen molar-refractivity contribution >= 4 is 22.5 Å². The van der Waals surface area contributed by atoms with Crippen LogP contribution in [0.3, 0.4) is 0 Å². The fraction of sp³-hybridized carbons (Fsp3) is 0.750. The highest BCUT2D eigenvalue weighted by atomic mass is 32.1. The van der Waals surface area contributed by atoms with Crippen molar-refractivity contribution in [2.75, 3.05) is 25.1 Å². The van der Waals surface area contributed by atoms with Gasteiger partial charge in [0.05, 0.1) is 19.3 Å². The third-order valence-corrected chi connectivity index (χ3v) is 4.00. The lowest BCUT2D eigenvalue weighted by Crippen LogP contribution is -2.50. The molecule has 0 aromatic carbocycles. The SMILES string of the molecule is CC(C)C[C@@H]1COCCN1C(=O)Nc1nnc(C(F)(F)F)s1. The summed E-state index contributed by atoms with van der Waals surface area (Å²) in [5.74, 6) is 0.375. The van der Waals surface area contributed by atoms with Crippen LogP contribution in [-0.2, 0) is 10.9 Å². The van der Waals surface area contributed by atoms with Gasteiger partial charge in [-0.05, 0) is 12.3 Å². The molecule has 1 aliphatic rings. The molecule has 10 heteroatoms. The topological polar surface area (TPSA) is 67.3 Å². The van der Waals surface area contributed by atoms with Crippen LogP contribution in [0.15, 0.2) is 0 Å². The molecule has 6 nitrogen and oxygen atoms in total. The molecule has 1 aromatic heterocycles. The Morgan fingerprint density at radius 2 is 2.23 bits per heavy atom. The maximum atomic E-state index is 12.5. The van der Waals surface area contributed by atoms with E-state index >= 15 is 0 Å². The third-order valence-electron chi connectivity index (χ3n) is 3.11. The number of morpholine rings is 1. The largest absolute Gasteiger partial charge is 0.445 e. The quantitative estimate of drug-likeness (QED) is 0.920. The molecule has 22 heavy (non-hydrogen) atoms. The van der Waals surface area contributed by atoms with E-state index in [1.54, 1.807) is 4.90 Å². The van der Waals surface area contributed by atoms with E-state index in [9.17, 15) is 18.0 Å². The summed E-state index contributed by atoms with van der Waals surface area (Å²) >= 11 is 0.310. The molecule has 1 aliphatic heterocycles. The summed E-state index contributed by atoms with van der Waals surface area (Å²) in [5.41, 5.74) is 0. The van der Waals surface area contributed by atoms with Gasteiger partial charge in [-0.1, -0.05) is 25.2 Å². The van der Waals surface area contributed by atoms with E-state index in [0.717, 1.165) is 6.42 Å². The normalized spacial score (nSPS) is 19.5. The summed E-state index contributed by atoms with van der Waals surface area (Å²) in [5, 5.41) is 7.54. The number of amides is 2. The Hall–Kier alpha value is -1.42. The lowest BCUT2D eigenvalue weighted by molar-refractivity contribution is -0.138. The highest BCUT2D eigenvalue weighted by Crippen LogP contribution is 2.33. The highest BCUT2D eigenvalue weighted by Gasteiger charge is 2.36. The molecule has 0 aliphatic carbocycles. The minimum atomic E-state index is -4.56. The van der Waals surface area contributed by atoms with E-state index in [1.807, 2.05) is 13.8 Å². The summed E-state index contributed by atoms with van der Waals surface area (Å²) in [4.78, 5) is 13.8. The summed E-state index contributed by atoms with van der Waals surface area (Å²) in [7, 11) is 0. The second-order valence-electron chi connectivity index (χ2n) is 5.39. The zero-order valence-electron chi connectivity index (χ0n) is 12.2. The van der Waals surface area contributed by atoms with Gasteiger partial charge in [-0.3, -0.25) is 5.32 Å². The Labute approximate surface area is 129 Å². The number of halogens is 3. The third kappa shape index (κ3) is 4.29. The van der Waals surface area contributed by atoms with Crippen LogP contribution in [0.1, 0.15) is 25.3 Å². The van der Waals surface area contributed by atoms with Gasteiger partial charge in [-0.2, -0.15) is 13.2 Å². The number of anilines is 1. The predicted octanol–water partition coefficient (Wildman–Crippen LogP) is 2.84. The van der Waals surface area contributed by atoms with Gasteiger partial charge < -0.3 is 9.64 Å². The fourth-order valence-electron chi connectivity index (χ4n) is 2.21. The Bertz CT molecular complexity index is 521. The minimum absolute atomic E-state index is 0.0937. The van der Waals surface area contributed by atoms with Crippen molar-refractivity contribution in [3.63, 3.8) is 0 Å². The molecular formula is C12H17F3N4O2S. The van der Waals surface area contributed by atoms with Crippen molar-refractivity contribution in [3.05, 3.63) is 5.01 Å². The van der Waals surface area contributed by atoms with E-state index in [4.69, 9.17) is 4.74 Å². The number of carbonyl (C=O) groups excluding carboxylic acids is 1. The lowest BCUT2D eigenvalue weighted by Gasteiger charge is -2.36. The van der Waals surface area contributed by atoms with Gasteiger partial charge in [0, 0.05) is 6.54 Å². The maximum absolute atomic E-state index is 12.5. The average Bonchev–Trinajstić information content (AvgIpc) is 2.87. The molecule has 1 atom stereocenters. The smallest absolute Gasteiger partial charge is 0.377 e. The van der Waals surface area contributed by atoms with E-state index in [-0.39, 0.29) is 11.2 Å². The van der Waals surface area contributed by atoms with Crippen molar-refractivity contribution in [1.29, 1.82) is 0 Å². The second kappa shape index (κ2) is 6.78. The van der Waals surface area contributed by atoms with Gasteiger partial charge in [-0.15, -0.1) is 10.2 Å². The minimum Gasteiger partial charge on any atom is -0.377 e. The number of hydrogen-bond donors (Lipinski definition) is 1. The molecule has 0 saturated carbocycles. The van der Waals surface area contributed by atoms with E-state index in [0.29, 0.717) is 37.0 Å². The van der Waals surface area contributed by atoms with Crippen LogP contribution in [0.25, 0.3) is 0 Å². The average molecular weight is 338 g/mol. The van der Waals surface area contributed by atoms with Gasteiger partial charge >= 0.3 is 12.2 Å². The summed E-state index contributed by atoms with van der Waals surface area (Å²) in [6.07, 6.45) is -3.79. The zero-order valence-corrected chi connectivity index (χ0v) is 13.0. The Kier molecular flexibility index (Phi) is 5.22. The van der Waals surface area contributed by atoms with Gasteiger partial charge in [0.2, 0.25) is 10.1 Å². The first-order valence-corrected chi connectivity index (χ1v) is 7.65. The number of aromatic nitrogens is 2. The van der Waals surface area contributed by atoms with Crippen LogP contribution in [0, 0.1) is 5.92 Å². The van der Waals surface area contributed by atoms with Crippen LogP contribution in [0.2, 0.25) is 0 Å². The molecule has 1 fully saturated rings. The van der Waals surface area contributed by atoms with Crippen molar-refractivity contribution < 1.29 is 22.7 Å². The van der Waals surface area contributed by atoms with Gasteiger partial charge in [0.1, 0.15) is 0 Å². The van der Waals surface area contributed by atoms with Crippen LogP contribution in [0.4, 0.5) is 23.1 Å². The number of nitrogens with one attached hydrogen (secondary N) is 1. The molecule has 124 valence electrons. The number of nitrogens with zero attached hydrogens (tertiary/aromatic N) is 3. The first-order chi connectivity index (χ1) is 10.3. The van der Waals surface area contributed by atoms with Gasteiger partial charge in [0.15, 0.2) is 0 Å². The Balaban J connectivity index is 2.02. The molecule has 2 amide bonds. The molecule has 0 spiro atoms. The summed E-state index contributed by atoms with van der Waals surface area (Å²) in [6, 6.07) is -0.567. The number of ether oxygens (including phenoxy) is 1. The molecule has 0 radical (unpaired) electrons. The van der Waals surface area contributed by atoms with Gasteiger partial charge in [0.25, 0.3) is 0 Å². The highest BCUT2D eigenvalue weighted by molar-refractivity contribution is 7.15. The predicted molar refractivity (Wildman–Crippen MR) is 74.7 cm³/mol. The van der Waals surface area contributed by atoms with Crippen LogP contribution in [0.5, 0.6) is 0 Å². The van der Waals surface area contributed by atoms with Crippen molar-refractivity contribution in [2.45, 2.75) is 32.5 Å². The van der Waals surface area contributed by atoms with E-state index < -0.39 is 17.2 Å². The summed E-state index contributed by atoms with van der Waals surface area (Å²) < 4.78 is 42.8. The number of rotatable bonds is 3. The van der Waals surface area contributed by atoms with Crippen molar-refractivity contribution in [1.82, 2.24) is 15.1 Å². The molecule has 0 bridgehead atoms. The fourth-order valence-corrected chi connectivity index (χ4v) is 2.81. The number of carbonyl (C=O) groups is 1. The molecule has 1 aromatic rings. The maximum Gasteiger partial charge on any atom is 0.445 e. The molecule has 1 N–H and O–H groups in total. The standard InChI is InChI=1S/C12H17F3N4O2S/c1-7(2)5-8-6-21-4-3-19(8)11(20)16-10-18-17-9(22-10)12(13,14)15/h7-8H,3-6H2,1-2H3,(H,16,18,20)/t8-/m1/s1. The van der Waals surface area contributed by atoms with Crippen molar-refractivity contribution in [2.24, 2.45) is 5.92 Å². The van der Waals surface area contributed by atoms with Crippen LogP contribution < -0.4 is 5.32 Å². The first-order valence-electron chi connectivity index (χ1n) is 6.83. The number of alkyl halides is 3. The second-order valence-corrected chi connectivity index (χ2v) is 6.37. The molecule has 2 rings (SSSR count). The molecule has 0 unspecified atom stereocenters. The molecule has 2 heterocycles. The van der Waals surface area contributed by atoms with Gasteiger partial charge in [-0.25, -0.2) is 4.79 Å². The first kappa shape index (κ1) is 16.9. The number of urea groups is 1. The summed E-state index contributed by atoms with van der Waals surface area (Å²) in [6.45, 7) is 5.30. The van der Waals surface area contributed by atoms with E-state index in [1.165, 1.54) is 0 Å². The monoisotopic (exact) mass is 338 g/mol. The van der Waals surface area contributed by atoms with E-state index in [2.05, 4.69) is 15.5 Å². The van der Waals surface area contributed by atoms with Crippen molar-refractivity contribution in [3.8, 4) is 0 Å².